The standard InChI is InChI=1S/C22H29N5O3/c1-7-29-19-10-9-16(11-20(19)30-8-2)13(3)23-22(28)18-12-17(24-25-18)21-14(4)26-27(6)15(21)5/h9-13H,7-8H2,1-6H3,(H,23,28)(H,24,25). The highest BCUT2D eigenvalue weighted by molar-refractivity contribution is 5.93. The molecule has 0 radical (unpaired) electrons. The molecule has 0 saturated heterocycles. The van der Waals surface area contributed by atoms with Crippen LogP contribution in [0.2, 0.25) is 0 Å². The minimum Gasteiger partial charge on any atom is -0.490 e. The van der Waals surface area contributed by atoms with Gasteiger partial charge in [-0.2, -0.15) is 10.2 Å². The van der Waals surface area contributed by atoms with Crippen molar-refractivity contribution in [1.82, 2.24) is 25.3 Å². The number of H-pyrrole nitrogens is 1. The SMILES string of the molecule is CCOc1ccc(C(C)NC(=O)c2cc(-c3c(C)nn(C)c3C)n[nH]2)cc1OCC. The molecule has 0 saturated carbocycles. The van der Waals surface area contributed by atoms with Crippen molar-refractivity contribution in [2.75, 3.05) is 13.2 Å². The van der Waals surface area contributed by atoms with E-state index in [-0.39, 0.29) is 11.9 Å². The Morgan fingerprint density at radius 3 is 2.50 bits per heavy atom. The maximum Gasteiger partial charge on any atom is 0.269 e. The molecule has 1 unspecified atom stereocenters. The van der Waals surface area contributed by atoms with Gasteiger partial charge in [0.1, 0.15) is 5.69 Å². The molecule has 160 valence electrons. The number of nitrogens with zero attached hydrogens (tertiary/aromatic N) is 3. The van der Waals surface area contributed by atoms with Crippen molar-refractivity contribution in [2.45, 2.75) is 40.7 Å². The fraction of sp³-hybridized carbons (Fsp3) is 0.409. The lowest BCUT2D eigenvalue weighted by Crippen LogP contribution is -2.27. The van der Waals surface area contributed by atoms with Crippen molar-refractivity contribution in [3.63, 3.8) is 0 Å². The van der Waals surface area contributed by atoms with Gasteiger partial charge in [-0.15, -0.1) is 0 Å². The summed E-state index contributed by atoms with van der Waals surface area (Å²) in [5.41, 5.74) is 4.84. The fourth-order valence-corrected chi connectivity index (χ4v) is 3.41. The van der Waals surface area contributed by atoms with Crippen molar-refractivity contribution in [1.29, 1.82) is 0 Å². The molecule has 0 aliphatic carbocycles. The van der Waals surface area contributed by atoms with Gasteiger partial charge in [0, 0.05) is 18.3 Å². The third kappa shape index (κ3) is 4.32. The predicted octanol–water partition coefficient (Wildman–Crippen LogP) is 3.72. The summed E-state index contributed by atoms with van der Waals surface area (Å²) >= 11 is 0. The van der Waals surface area contributed by atoms with Gasteiger partial charge in [0.05, 0.1) is 30.6 Å². The van der Waals surface area contributed by atoms with Crippen LogP contribution in [0.5, 0.6) is 11.5 Å². The molecule has 3 aromatic rings. The van der Waals surface area contributed by atoms with E-state index < -0.39 is 0 Å². The Kier molecular flexibility index (Phi) is 6.44. The first-order valence-electron chi connectivity index (χ1n) is 10.1. The van der Waals surface area contributed by atoms with Crippen molar-refractivity contribution < 1.29 is 14.3 Å². The monoisotopic (exact) mass is 411 g/mol. The highest BCUT2D eigenvalue weighted by Crippen LogP contribution is 2.31. The van der Waals surface area contributed by atoms with Crippen molar-refractivity contribution >= 4 is 5.91 Å². The van der Waals surface area contributed by atoms with Crippen LogP contribution in [-0.2, 0) is 7.05 Å². The number of ether oxygens (including phenoxy) is 2. The van der Waals surface area contributed by atoms with Crippen molar-refractivity contribution in [2.24, 2.45) is 7.05 Å². The molecule has 0 bridgehead atoms. The molecule has 0 aliphatic rings. The first kappa shape index (κ1) is 21.4. The van der Waals surface area contributed by atoms with Crippen molar-refractivity contribution in [3.05, 3.63) is 46.9 Å². The van der Waals surface area contributed by atoms with Gasteiger partial charge in [0.25, 0.3) is 5.91 Å². The molecule has 2 N–H and O–H groups in total. The predicted molar refractivity (Wildman–Crippen MR) is 115 cm³/mol. The van der Waals surface area contributed by atoms with Crippen LogP contribution in [0.1, 0.15) is 54.3 Å². The number of rotatable bonds is 8. The van der Waals surface area contributed by atoms with E-state index in [0.717, 1.165) is 22.5 Å². The van der Waals surface area contributed by atoms with Gasteiger partial charge in [0.15, 0.2) is 11.5 Å². The molecule has 1 aromatic carbocycles. The summed E-state index contributed by atoms with van der Waals surface area (Å²) in [5.74, 6) is 1.14. The van der Waals surface area contributed by atoms with E-state index in [2.05, 4.69) is 20.6 Å². The number of aromatic nitrogens is 4. The van der Waals surface area contributed by atoms with Gasteiger partial charge in [-0.25, -0.2) is 0 Å². The van der Waals surface area contributed by atoms with Crippen LogP contribution in [0.4, 0.5) is 0 Å². The zero-order valence-electron chi connectivity index (χ0n) is 18.4. The second-order valence-corrected chi connectivity index (χ2v) is 7.10. The average Bonchev–Trinajstić information content (AvgIpc) is 3.28. The molecule has 0 aliphatic heterocycles. The van der Waals surface area contributed by atoms with Gasteiger partial charge in [-0.05, 0) is 58.4 Å². The number of hydrogen-bond donors (Lipinski definition) is 2. The molecule has 2 aromatic heterocycles. The molecular formula is C22H29N5O3. The molecule has 3 rings (SSSR count). The van der Waals surface area contributed by atoms with Gasteiger partial charge in [-0.3, -0.25) is 14.6 Å². The summed E-state index contributed by atoms with van der Waals surface area (Å²) in [6.07, 6.45) is 0. The van der Waals surface area contributed by atoms with E-state index in [1.807, 2.05) is 64.5 Å². The summed E-state index contributed by atoms with van der Waals surface area (Å²) in [4.78, 5) is 12.8. The molecule has 1 amide bonds. The average molecular weight is 412 g/mol. The van der Waals surface area contributed by atoms with Gasteiger partial charge >= 0.3 is 0 Å². The highest BCUT2D eigenvalue weighted by Gasteiger charge is 2.19. The van der Waals surface area contributed by atoms with Crippen LogP contribution in [0.25, 0.3) is 11.3 Å². The lowest BCUT2D eigenvalue weighted by Gasteiger charge is -2.17. The smallest absolute Gasteiger partial charge is 0.269 e. The third-order valence-corrected chi connectivity index (χ3v) is 5.00. The summed E-state index contributed by atoms with van der Waals surface area (Å²) in [5, 5.41) is 14.6. The molecule has 8 heteroatoms. The molecule has 2 heterocycles. The first-order valence-corrected chi connectivity index (χ1v) is 10.1. The number of hydrogen-bond acceptors (Lipinski definition) is 5. The number of aryl methyl sites for hydroxylation is 2. The number of carbonyl (C=O) groups is 1. The Labute approximate surface area is 176 Å². The molecule has 0 fully saturated rings. The van der Waals surface area contributed by atoms with E-state index in [4.69, 9.17) is 9.47 Å². The fourth-order valence-electron chi connectivity index (χ4n) is 3.41. The quantitative estimate of drug-likeness (QED) is 0.589. The number of amides is 1. The zero-order chi connectivity index (χ0) is 21.8. The van der Waals surface area contributed by atoms with E-state index in [9.17, 15) is 4.79 Å². The Morgan fingerprint density at radius 1 is 1.17 bits per heavy atom. The summed E-state index contributed by atoms with van der Waals surface area (Å²) < 4.78 is 13.1. The lowest BCUT2D eigenvalue weighted by atomic mass is 10.1. The second kappa shape index (κ2) is 9.02. The maximum absolute atomic E-state index is 12.8. The minimum atomic E-state index is -0.229. The van der Waals surface area contributed by atoms with E-state index >= 15 is 0 Å². The molecule has 8 nitrogen and oxygen atoms in total. The van der Waals surface area contributed by atoms with Crippen LogP contribution in [0, 0.1) is 13.8 Å². The van der Waals surface area contributed by atoms with Crippen LogP contribution >= 0.6 is 0 Å². The highest BCUT2D eigenvalue weighted by atomic mass is 16.5. The normalized spacial score (nSPS) is 11.9. The number of carbonyl (C=O) groups excluding carboxylic acids is 1. The molecule has 30 heavy (non-hydrogen) atoms. The first-order chi connectivity index (χ1) is 14.3. The Hall–Kier alpha value is -3.29. The summed E-state index contributed by atoms with van der Waals surface area (Å²) in [6.45, 7) is 10.8. The number of benzene rings is 1. The van der Waals surface area contributed by atoms with Gasteiger partial charge < -0.3 is 14.8 Å². The van der Waals surface area contributed by atoms with Crippen LogP contribution in [0.3, 0.4) is 0 Å². The van der Waals surface area contributed by atoms with Gasteiger partial charge in [0.2, 0.25) is 0 Å². The van der Waals surface area contributed by atoms with E-state index in [1.165, 1.54) is 0 Å². The maximum atomic E-state index is 12.8. The van der Waals surface area contributed by atoms with Crippen molar-refractivity contribution in [3.8, 4) is 22.8 Å². The third-order valence-electron chi connectivity index (χ3n) is 5.00. The van der Waals surface area contributed by atoms with Crippen LogP contribution < -0.4 is 14.8 Å². The number of nitrogens with one attached hydrogen (secondary N) is 2. The zero-order valence-corrected chi connectivity index (χ0v) is 18.4. The Bertz CT molecular complexity index is 1040. The van der Waals surface area contributed by atoms with Crippen LogP contribution in [0.15, 0.2) is 24.3 Å². The van der Waals surface area contributed by atoms with Crippen LogP contribution in [-0.4, -0.2) is 39.1 Å². The Morgan fingerprint density at radius 2 is 1.87 bits per heavy atom. The van der Waals surface area contributed by atoms with E-state index in [0.29, 0.717) is 36.1 Å². The molecular weight excluding hydrogens is 382 g/mol. The minimum absolute atomic E-state index is 0.221. The second-order valence-electron chi connectivity index (χ2n) is 7.10. The van der Waals surface area contributed by atoms with E-state index in [1.54, 1.807) is 6.07 Å². The summed E-state index contributed by atoms with van der Waals surface area (Å²) in [7, 11) is 1.89. The summed E-state index contributed by atoms with van der Waals surface area (Å²) in [6, 6.07) is 7.23. The molecule has 1 atom stereocenters. The lowest BCUT2D eigenvalue weighted by molar-refractivity contribution is 0.0934. The molecule has 0 spiro atoms. The Balaban J connectivity index is 1.76. The number of aromatic amines is 1. The topological polar surface area (TPSA) is 94.1 Å². The van der Waals surface area contributed by atoms with Gasteiger partial charge in [-0.1, -0.05) is 6.07 Å². The largest absolute Gasteiger partial charge is 0.490 e.